The predicted octanol–water partition coefficient (Wildman–Crippen LogP) is 2.84. The summed E-state index contributed by atoms with van der Waals surface area (Å²) in [6.07, 6.45) is 3.04. The molecule has 0 unspecified atom stereocenters. The molecule has 26 heavy (non-hydrogen) atoms. The van der Waals surface area contributed by atoms with Crippen molar-refractivity contribution in [1.29, 1.82) is 0 Å². The molecule has 1 amide bonds. The summed E-state index contributed by atoms with van der Waals surface area (Å²) >= 11 is 0. The van der Waals surface area contributed by atoms with Crippen LogP contribution in [0.1, 0.15) is 10.4 Å². The first-order valence-electron chi connectivity index (χ1n) is 8.02. The number of nitrogens with one attached hydrogen (secondary N) is 1. The minimum atomic E-state index is -0.413. The van der Waals surface area contributed by atoms with Gasteiger partial charge in [0.05, 0.1) is 10.9 Å². The van der Waals surface area contributed by atoms with Gasteiger partial charge in [-0.05, 0) is 24.3 Å². The van der Waals surface area contributed by atoms with Gasteiger partial charge in [-0.1, -0.05) is 42.5 Å². The van der Waals surface area contributed by atoms with E-state index in [9.17, 15) is 9.59 Å². The van der Waals surface area contributed by atoms with Crippen LogP contribution in [0.15, 0.2) is 83.9 Å². The normalized spacial score (nSPS) is 10.6. The van der Waals surface area contributed by atoms with Crippen molar-refractivity contribution in [3.8, 4) is 11.4 Å². The summed E-state index contributed by atoms with van der Waals surface area (Å²) in [4.78, 5) is 34.0. The first-order chi connectivity index (χ1) is 12.7. The summed E-state index contributed by atoms with van der Waals surface area (Å²) in [7, 11) is 0. The summed E-state index contributed by atoms with van der Waals surface area (Å²) in [6, 6.07) is 19.5. The molecule has 6 nitrogen and oxygen atoms in total. The highest BCUT2D eigenvalue weighted by molar-refractivity contribution is 6.00. The van der Waals surface area contributed by atoms with E-state index < -0.39 is 5.91 Å². The molecule has 2 aromatic carbocycles. The number of fused-ring (bicyclic) bond motifs is 1. The van der Waals surface area contributed by atoms with Crippen molar-refractivity contribution >= 4 is 16.8 Å². The third kappa shape index (κ3) is 2.84. The lowest BCUT2D eigenvalue weighted by Crippen LogP contribution is -2.35. The van der Waals surface area contributed by atoms with Crippen molar-refractivity contribution in [3.05, 3.63) is 95.0 Å². The SMILES string of the molecule is O=C(Nn1c(-c2ccccc2)nc2ccccc2c1=O)c1ccncc1. The van der Waals surface area contributed by atoms with E-state index in [1.54, 1.807) is 30.3 Å². The third-order valence-corrected chi connectivity index (χ3v) is 3.96. The van der Waals surface area contributed by atoms with Crippen LogP contribution in [0.25, 0.3) is 22.3 Å². The predicted molar refractivity (Wildman–Crippen MR) is 99.4 cm³/mol. The maximum absolute atomic E-state index is 13.0. The largest absolute Gasteiger partial charge is 0.280 e. The van der Waals surface area contributed by atoms with Gasteiger partial charge >= 0.3 is 0 Å². The van der Waals surface area contributed by atoms with Crippen LogP contribution >= 0.6 is 0 Å². The number of benzene rings is 2. The fourth-order valence-corrected chi connectivity index (χ4v) is 2.69. The first-order valence-corrected chi connectivity index (χ1v) is 8.02. The van der Waals surface area contributed by atoms with Gasteiger partial charge in [0.15, 0.2) is 5.82 Å². The number of carbonyl (C=O) groups excluding carboxylic acids is 1. The molecule has 1 N–H and O–H groups in total. The monoisotopic (exact) mass is 342 g/mol. The minimum absolute atomic E-state index is 0.336. The highest BCUT2D eigenvalue weighted by Gasteiger charge is 2.15. The Kier molecular flexibility index (Phi) is 3.99. The second-order valence-electron chi connectivity index (χ2n) is 5.64. The molecule has 0 saturated carbocycles. The molecule has 0 aliphatic rings. The lowest BCUT2D eigenvalue weighted by molar-refractivity contribution is 0.101. The molecule has 4 rings (SSSR count). The lowest BCUT2D eigenvalue weighted by Gasteiger charge is -2.14. The van der Waals surface area contributed by atoms with E-state index in [-0.39, 0.29) is 5.56 Å². The number of aromatic nitrogens is 3. The van der Waals surface area contributed by atoms with Gasteiger partial charge in [0.1, 0.15) is 0 Å². The van der Waals surface area contributed by atoms with Crippen molar-refractivity contribution < 1.29 is 4.79 Å². The van der Waals surface area contributed by atoms with Crippen molar-refractivity contribution in [1.82, 2.24) is 14.6 Å². The van der Waals surface area contributed by atoms with Crippen LogP contribution in [-0.2, 0) is 0 Å². The molecule has 0 fully saturated rings. The summed E-state index contributed by atoms with van der Waals surface area (Å²) in [5, 5.41) is 0.433. The quantitative estimate of drug-likeness (QED) is 0.621. The molecule has 0 bridgehead atoms. The van der Waals surface area contributed by atoms with Crippen LogP contribution in [0.3, 0.4) is 0 Å². The molecule has 0 spiro atoms. The van der Waals surface area contributed by atoms with Crippen LogP contribution in [0.5, 0.6) is 0 Å². The summed E-state index contributed by atoms with van der Waals surface area (Å²) in [6.45, 7) is 0. The Bertz CT molecular complexity index is 1140. The number of amides is 1. The van der Waals surface area contributed by atoms with Crippen LogP contribution in [0, 0.1) is 0 Å². The van der Waals surface area contributed by atoms with Crippen molar-refractivity contribution in [3.63, 3.8) is 0 Å². The Labute approximate surface area is 148 Å². The van der Waals surface area contributed by atoms with Crippen molar-refractivity contribution in [2.75, 3.05) is 5.43 Å². The topological polar surface area (TPSA) is 76.9 Å². The van der Waals surface area contributed by atoms with Gasteiger partial charge in [-0.2, -0.15) is 4.68 Å². The van der Waals surface area contributed by atoms with Gasteiger partial charge in [-0.3, -0.25) is 20.0 Å². The third-order valence-electron chi connectivity index (χ3n) is 3.96. The van der Waals surface area contributed by atoms with E-state index in [4.69, 9.17) is 0 Å². The van der Waals surface area contributed by atoms with Crippen LogP contribution < -0.4 is 11.0 Å². The van der Waals surface area contributed by atoms with E-state index in [0.717, 1.165) is 5.56 Å². The molecule has 0 saturated heterocycles. The number of hydrogen-bond acceptors (Lipinski definition) is 4. The number of rotatable bonds is 3. The summed E-state index contributed by atoms with van der Waals surface area (Å²) < 4.78 is 1.19. The zero-order valence-electron chi connectivity index (χ0n) is 13.7. The lowest BCUT2D eigenvalue weighted by atomic mass is 10.2. The second-order valence-corrected chi connectivity index (χ2v) is 5.64. The van der Waals surface area contributed by atoms with Gasteiger partial charge < -0.3 is 0 Å². The Morgan fingerprint density at radius 1 is 0.885 bits per heavy atom. The Hall–Kier alpha value is -3.80. The van der Waals surface area contributed by atoms with Gasteiger partial charge in [0, 0.05) is 23.5 Å². The van der Waals surface area contributed by atoms with Gasteiger partial charge in [-0.25, -0.2) is 4.98 Å². The molecular weight excluding hydrogens is 328 g/mol. The maximum Gasteiger partial charge on any atom is 0.280 e. The maximum atomic E-state index is 13.0. The number of nitrogens with zero attached hydrogens (tertiary/aromatic N) is 3. The average Bonchev–Trinajstić information content (AvgIpc) is 2.71. The van der Waals surface area contributed by atoms with Crippen LogP contribution in [-0.4, -0.2) is 20.6 Å². The fraction of sp³-hybridized carbons (Fsp3) is 0. The molecule has 126 valence electrons. The van der Waals surface area contributed by atoms with Crippen LogP contribution in [0.4, 0.5) is 0 Å². The van der Waals surface area contributed by atoms with E-state index in [1.165, 1.54) is 17.1 Å². The van der Waals surface area contributed by atoms with E-state index in [1.807, 2.05) is 36.4 Å². The fourth-order valence-electron chi connectivity index (χ4n) is 2.69. The number of pyridine rings is 1. The molecule has 2 aromatic heterocycles. The van der Waals surface area contributed by atoms with Crippen molar-refractivity contribution in [2.45, 2.75) is 0 Å². The molecular formula is C20H14N4O2. The molecule has 0 radical (unpaired) electrons. The zero-order chi connectivity index (χ0) is 17.9. The summed E-state index contributed by atoms with van der Waals surface area (Å²) in [5.74, 6) is -0.0412. The molecule has 0 aliphatic heterocycles. The molecule has 4 aromatic rings. The van der Waals surface area contributed by atoms with E-state index >= 15 is 0 Å². The minimum Gasteiger partial charge on any atom is -0.267 e. The summed E-state index contributed by atoms with van der Waals surface area (Å²) in [5.41, 5.74) is 4.03. The Morgan fingerprint density at radius 2 is 1.58 bits per heavy atom. The van der Waals surface area contributed by atoms with Crippen molar-refractivity contribution in [2.24, 2.45) is 0 Å². The van der Waals surface area contributed by atoms with Gasteiger partial charge in [0.25, 0.3) is 11.5 Å². The second kappa shape index (κ2) is 6.60. The molecule has 2 heterocycles. The number of para-hydroxylation sites is 1. The average molecular weight is 342 g/mol. The molecule has 6 heteroatoms. The molecule has 0 aliphatic carbocycles. The van der Waals surface area contributed by atoms with Gasteiger partial charge in [0.2, 0.25) is 0 Å². The van der Waals surface area contributed by atoms with Crippen LogP contribution in [0.2, 0.25) is 0 Å². The number of hydrogen-bond donors (Lipinski definition) is 1. The highest BCUT2D eigenvalue weighted by atomic mass is 16.2. The Morgan fingerprint density at radius 3 is 2.35 bits per heavy atom. The first kappa shape index (κ1) is 15.7. The zero-order valence-corrected chi connectivity index (χ0v) is 13.7. The smallest absolute Gasteiger partial charge is 0.267 e. The highest BCUT2D eigenvalue weighted by Crippen LogP contribution is 2.18. The number of carbonyl (C=O) groups is 1. The van der Waals surface area contributed by atoms with E-state index in [0.29, 0.717) is 22.3 Å². The standard InChI is InChI=1S/C20H14N4O2/c25-19(15-10-12-21-13-11-15)23-24-18(14-6-2-1-3-7-14)22-17-9-5-4-8-16(17)20(24)26/h1-13H,(H,23,25). The Balaban J connectivity index is 1.90. The van der Waals surface area contributed by atoms with E-state index in [2.05, 4.69) is 15.4 Å². The molecule has 0 atom stereocenters. The van der Waals surface area contributed by atoms with Gasteiger partial charge in [-0.15, -0.1) is 0 Å².